The van der Waals surface area contributed by atoms with E-state index in [1.807, 2.05) is 13.8 Å². The van der Waals surface area contributed by atoms with Crippen LogP contribution in [-0.2, 0) is 0 Å². The fourth-order valence-corrected chi connectivity index (χ4v) is 0. The fraction of sp³-hybridized carbons (Fsp3) is 1.00. The molecular weight excluding hydrogens is 110 g/mol. The molecule has 0 aromatic rings. The molecule has 0 spiro atoms. The third kappa shape index (κ3) is 10.7. The average molecular weight is 124 g/mol. The van der Waals surface area contributed by atoms with Crippen molar-refractivity contribution < 1.29 is 0 Å². The first-order valence-electron chi connectivity index (χ1n) is 2.25. The van der Waals surface area contributed by atoms with E-state index in [1.54, 1.807) is 0 Å². The van der Waals surface area contributed by atoms with E-state index in [2.05, 4.69) is 6.92 Å². The molecular formula is C5H14ClN. The predicted molar refractivity (Wildman–Crippen MR) is 35.2 cm³/mol. The minimum atomic E-state index is 0. The molecule has 1 nitrogen and oxygen atoms in total. The van der Waals surface area contributed by atoms with Crippen LogP contribution in [0.4, 0.5) is 0 Å². The van der Waals surface area contributed by atoms with Crippen LogP contribution in [0.1, 0.15) is 27.2 Å². The van der Waals surface area contributed by atoms with Gasteiger partial charge in [-0.25, -0.2) is 0 Å². The molecule has 7 heavy (non-hydrogen) atoms. The summed E-state index contributed by atoms with van der Waals surface area (Å²) >= 11 is 5.72. The van der Waals surface area contributed by atoms with Crippen molar-refractivity contribution in [1.29, 1.82) is 0 Å². The molecule has 0 aliphatic rings. The molecule has 0 atom stereocenters. The lowest BCUT2D eigenvalue weighted by molar-refractivity contribution is 0.671. The summed E-state index contributed by atoms with van der Waals surface area (Å²) < 4.78 is 0. The zero-order valence-electron chi connectivity index (χ0n) is 5.29. The summed E-state index contributed by atoms with van der Waals surface area (Å²) in [6.45, 7) is 6.09. The predicted octanol–water partition coefficient (Wildman–Crippen LogP) is 2.58. The lowest BCUT2D eigenvalue weighted by Gasteiger charge is -2.09. The maximum atomic E-state index is 5.72. The Bertz CT molecular complexity index is 37.8. The summed E-state index contributed by atoms with van der Waals surface area (Å²) in [6, 6.07) is 0. The Morgan fingerprint density at radius 2 is 1.57 bits per heavy atom. The second-order valence-electron chi connectivity index (χ2n) is 2.07. The lowest BCUT2D eigenvalue weighted by Crippen LogP contribution is -2.05. The third-order valence-corrected chi connectivity index (χ3v) is 1.11. The summed E-state index contributed by atoms with van der Waals surface area (Å²) in [5.41, 5.74) is 0. The SMILES string of the molecule is CCC(C)(C)Cl.N. The quantitative estimate of drug-likeness (QED) is 0.535. The lowest BCUT2D eigenvalue weighted by atomic mass is 10.1. The zero-order chi connectivity index (χ0) is 5.21. The van der Waals surface area contributed by atoms with Gasteiger partial charge in [0, 0.05) is 4.87 Å². The van der Waals surface area contributed by atoms with Gasteiger partial charge < -0.3 is 6.15 Å². The summed E-state index contributed by atoms with van der Waals surface area (Å²) in [6.07, 6.45) is 1.04. The van der Waals surface area contributed by atoms with Gasteiger partial charge in [0.1, 0.15) is 0 Å². The Morgan fingerprint density at radius 3 is 1.57 bits per heavy atom. The first-order chi connectivity index (χ1) is 2.56. The summed E-state index contributed by atoms with van der Waals surface area (Å²) in [5.74, 6) is 0. The molecule has 0 aliphatic heterocycles. The Balaban J connectivity index is 0. The van der Waals surface area contributed by atoms with Crippen molar-refractivity contribution in [2.45, 2.75) is 32.1 Å². The minimum absolute atomic E-state index is 0. The van der Waals surface area contributed by atoms with E-state index in [-0.39, 0.29) is 11.0 Å². The minimum Gasteiger partial charge on any atom is -0.344 e. The van der Waals surface area contributed by atoms with Crippen LogP contribution in [0.3, 0.4) is 0 Å². The molecule has 0 saturated carbocycles. The van der Waals surface area contributed by atoms with E-state index < -0.39 is 0 Å². The monoisotopic (exact) mass is 123 g/mol. The summed E-state index contributed by atoms with van der Waals surface area (Å²) in [4.78, 5) is 0.0139. The maximum absolute atomic E-state index is 5.72. The van der Waals surface area contributed by atoms with E-state index >= 15 is 0 Å². The molecule has 0 radical (unpaired) electrons. The van der Waals surface area contributed by atoms with Gasteiger partial charge in [-0.1, -0.05) is 6.92 Å². The molecule has 46 valence electrons. The number of hydrogen-bond donors (Lipinski definition) is 1. The molecule has 0 rings (SSSR count). The first kappa shape index (κ1) is 10.3. The Morgan fingerprint density at radius 1 is 1.43 bits per heavy atom. The molecule has 0 aromatic carbocycles. The van der Waals surface area contributed by atoms with E-state index in [0.717, 1.165) is 6.42 Å². The molecule has 0 saturated heterocycles. The highest BCUT2D eigenvalue weighted by atomic mass is 35.5. The molecule has 0 bridgehead atoms. The third-order valence-electron chi connectivity index (χ3n) is 0.841. The van der Waals surface area contributed by atoms with Crippen LogP contribution in [0.2, 0.25) is 0 Å². The molecule has 0 fully saturated rings. The largest absolute Gasteiger partial charge is 0.344 e. The van der Waals surface area contributed by atoms with Crippen molar-refractivity contribution >= 4 is 11.6 Å². The number of halogens is 1. The van der Waals surface area contributed by atoms with Gasteiger partial charge in [-0.05, 0) is 20.3 Å². The standard InChI is InChI=1S/C5H11Cl.H3N/c1-4-5(2,3)6;/h4H2,1-3H3;1H3. The van der Waals surface area contributed by atoms with Gasteiger partial charge in [-0.2, -0.15) is 0 Å². The van der Waals surface area contributed by atoms with Crippen LogP contribution in [0, 0.1) is 0 Å². The van der Waals surface area contributed by atoms with Gasteiger partial charge in [0.25, 0.3) is 0 Å². The summed E-state index contributed by atoms with van der Waals surface area (Å²) in [5, 5.41) is 0. The first-order valence-corrected chi connectivity index (χ1v) is 2.63. The zero-order valence-corrected chi connectivity index (χ0v) is 6.05. The van der Waals surface area contributed by atoms with Crippen LogP contribution in [0.5, 0.6) is 0 Å². The van der Waals surface area contributed by atoms with Crippen molar-refractivity contribution in [1.82, 2.24) is 6.15 Å². The number of rotatable bonds is 1. The Labute approximate surface area is 50.6 Å². The second-order valence-corrected chi connectivity index (χ2v) is 3.10. The summed E-state index contributed by atoms with van der Waals surface area (Å²) in [7, 11) is 0. The topological polar surface area (TPSA) is 35.0 Å². The Kier molecular flexibility index (Phi) is 4.81. The molecule has 0 unspecified atom stereocenters. The van der Waals surface area contributed by atoms with Crippen LogP contribution < -0.4 is 6.15 Å². The highest BCUT2D eigenvalue weighted by molar-refractivity contribution is 6.23. The number of hydrogen-bond acceptors (Lipinski definition) is 1. The van der Waals surface area contributed by atoms with Crippen molar-refractivity contribution in [2.75, 3.05) is 0 Å². The smallest absolute Gasteiger partial charge is 0.0388 e. The van der Waals surface area contributed by atoms with Crippen molar-refractivity contribution in [3.05, 3.63) is 0 Å². The van der Waals surface area contributed by atoms with E-state index in [0.29, 0.717) is 0 Å². The van der Waals surface area contributed by atoms with E-state index in [9.17, 15) is 0 Å². The molecule has 2 heteroatoms. The Hall–Kier alpha value is 0.250. The maximum Gasteiger partial charge on any atom is 0.0388 e. The van der Waals surface area contributed by atoms with Gasteiger partial charge in [0.2, 0.25) is 0 Å². The molecule has 3 N–H and O–H groups in total. The molecule has 0 heterocycles. The van der Waals surface area contributed by atoms with Crippen LogP contribution in [0.25, 0.3) is 0 Å². The second kappa shape index (κ2) is 3.28. The normalized spacial score (nSPS) is 10.3. The van der Waals surface area contributed by atoms with Crippen LogP contribution in [-0.4, -0.2) is 4.87 Å². The van der Waals surface area contributed by atoms with Gasteiger partial charge >= 0.3 is 0 Å². The van der Waals surface area contributed by atoms with Gasteiger partial charge in [0.05, 0.1) is 0 Å². The highest BCUT2D eigenvalue weighted by Gasteiger charge is 2.06. The van der Waals surface area contributed by atoms with Crippen LogP contribution >= 0.6 is 11.6 Å². The van der Waals surface area contributed by atoms with Crippen molar-refractivity contribution in [2.24, 2.45) is 0 Å². The highest BCUT2D eigenvalue weighted by Crippen LogP contribution is 2.15. The van der Waals surface area contributed by atoms with Gasteiger partial charge in [0.15, 0.2) is 0 Å². The van der Waals surface area contributed by atoms with E-state index in [4.69, 9.17) is 11.6 Å². The van der Waals surface area contributed by atoms with Crippen molar-refractivity contribution in [3.63, 3.8) is 0 Å². The van der Waals surface area contributed by atoms with Crippen molar-refractivity contribution in [3.8, 4) is 0 Å². The van der Waals surface area contributed by atoms with Gasteiger partial charge in [-0.15, -0.1) is 11.6 Å². The average Bonchev–Trinajstić information content (AvgIpc) is 1.35. The molecule has 0 aliphatic carbocycles. The molecule has 0 amide bonds. The van der Waals surface area contributed by atoms with Crippen LogP contribution in [0.15, 0.2) is 0 Å². The fourth-order valence-electron chi connectivity index (χ4n) is 0. The molecule has 0 aromatic heterocycles. The van der Waals surface area contributed by atoms with E-state index in [1.165, 1.54) is 0 Å². The number of alkyl halides is 1. The van der Waals surface area contributed by atoms with Gasteiger partial charge in [-0.3, -0.25) is 0 Å².